The topological polar surface area (TPSA) is 89.9 Å². The van der Waals surface area contributed by atoms with Crippen molar-refractivity contribution in [1.29, 1.82) is 0 Å². The van der Waals surface area contributed by atoms with Crippen LogP contribution in [0.2, 0.25) is 0 Å². The molecule has 6 nitrogen and oxygen atoms in total. The summed E-state index contributed by atoms with van der Waals surface area (Å²) < 4.78 is 87.0. The van der Waals surface area contributed by atoms with Crippen molar-refractivity contribution in [2.24, 2.45) is 0 Å². The molecular weight excluding hydrogens is 300 g/mol. The summed E-state index contributed by atoms with van der Waals surface area (Å²) in [6, 6.07) is 0. The molecule has 0 aromatic rings. The molecule has 1 atom stereocenters. The Balaban J connectivity index is 4.21. The van der Waals surface area contributed by atoms with Crippen LogP contribution in [0.5, 0.6) is 0 Å². The summed E-state index contributed by atoms with van der Waals surface area (Å²) in [5, 5.41) is -5.12. The van der Waals surface area contributed by atoms with Gasteiger partial charge >= 0.3 is 21.3 Å². The van der Waals surface area contributed by atoms with E-state index in [4.69, 9.17) is 4.55 Å². The maximum atomic E-state index is 12.6. The highest BCUT2D eigenvalue weighted by atomic mass is 32.2. The first-order valence-corrected chi connectivity index (χ1v) is 6.25. The van der Waals surface area contributed by atoms with Crippen molar-refractivity contribution < 1.29 is 44.8 Å². The normalized spacial score (nSPS) is 15.1. The molecule has 0 saturated heterocycles. The van der Waals surface area contributed by atoms with E-state index in [0.29, 0.717) is 6.92 Å². The standard InChI is InChI=1S/C8H12F4O6S/c1-5(7(2,9)10)17-3-4-18-6(13)8(11,12)19(14,15)16/h5H,3-4H2,1-2H3,(H,14,15,16). The highest BCUT2D eigenvalue weighted by Crippen LogP contribution is 2.22. The average molecular weight is 312 g/mol. The first-order chi connectivity index (χ1) is 8.30. The molecule has 1 unspecified atom stereocenters. The quantitative estimate of drug-likeness (QED) is 0.327. The zero-order valence-electron chi connectivity index (χ0n) is 9.90. The van der Waals surface area contributed by atoms with Gasteiger partial charge in [-0.2, -0.15) is 17.2 Å². The van der Waals surface area contributed by atoms with Crippen molar-refractivity contribution in [2.45, 2.75) is 31.1 Å². The fourth-order valence-corrected chi connectivity index (χ4v) is 0.964. The van der Waals surface area contributed by atoms with E-state index in [-0.39, 0.29) is 0 Å². The lowest BCUT2D eigenvalue weighted by atomic mass is 10.2. The number of halogens is 4. The Morgan fingerprint density at radius 2 is 1.74 bits per heavy atom. The van der Waals surface area contributed by atoms with Crippen molar-refractivity contribution in [2.75, 3.05) is 13.2 Å². The third-order valence-corrected chi connectivity index (χ3v) is 2.77. The predicted octanol–water partition coefficient (Wildman–Crippen LogP) is 1.07. The average Bonchev–Trinajstić information content (AvgIpc) is 2.20. The zero-order chi connectivity index (χ0) is 15.5. The minimum atomic E-state index is -5.95. The minimum absolute atomic E-state index is 0.566. The van der Waals surface area contributed by atoms with Gasteiger partial charge in [-0.25, -0.2) is 13.6 Å². The summed E-state index contributed by atoms with van der Waals surface area (Å²) in [7, 11) is -5.95. The van der Waals surface area contributed by atoms with Crippen LogP contribution in [0.25, 0.3) is 0 Å². The molecule has 0 radical (unpaired) electrons. The summed E-state index contributed by atoms with van der Waals surface area (Å²) in [5.74, 6) is -5.70. The van der Waals surface area contributed by atoms with Crippen molar-refractivity contribution in [3.8, 4) is 0 Å². The molecule has 0 heterocycles. The third-order valence-electron chi connectivity index (χ3n) is 1.96. The molecule has 0 aliphatic carbocycles. The number of hydrogen-bond donors (Lipinski definition) is 1. The molecule has 0 aliphatic heterocycles. The van der Waals surface area contributed by atoms with Crippen LogP contribution in [0.1, 0.15) is 13.8 Å². The lowest BCUT2D eigenvalue weighted by Crippen LogP contribution is -2.39. The number of carbonyl (C=O) groups excluding carboxylic acids is 1. The van der Waals surface area contributed by atoms with Crippen molar-refractivity contribution in [3.63, 3.8) is 0 Å². The fraction of sp³-hybridized carbons (Fsp3) is 0.875. The molecular formula is C8H12F4O6S. The largest absolute Gasteiger partial charge is 0.465 e. The summed E-state index contributed by atoms with van der Waals surface area (Å²) in [6.45, 7) is 0.0625. The van der Waals surface area contributed by atoms with Gasteiger partial charge in [0.25, 0.3) is 5.92 Å². The third kappa shape index (κ3) is 5.28. The van der Waals surface area contributed by atoms with E-state index in [1.165, 1.54) is 0 Å². The van der Waals surface area contributed by atoms with E-state index in [0.717, 1.165) is 6.92 Å². The Morgan fingerprint density at radius 3 is 2.11 bits per heavy atom. The predicted molar refractivity (Wildman–Crippen MR) is 53.5 cm³/mol. The highest BCUT2D eigenvalue weighted by molar-refractivity contribution is 7.87. The smallest absolute Gasteiger partial charge is 0.458 e. The molecule has 0 aromatic carbocycles. The summed E-state index contributed by atoms with van der Waals surface area (Å²) in [5.41, 5.74) is 0. The Hall–Kier alpha value is -0.940. The molecule has 0 saturated carbocycles. The molecule has 0 aliphatic rings. The molecule has 0 rings (SSSR count). The molecule has 1 N–H and O–H groups in total. The number of ether oxygens (including phenoxy) is 2. The van der Waals surface area contributed by atoms with E-state index in [1.807, 2.05) is 0 Å². The number of carbonyl (C=O) groups is 1. The van der Waals surface area contributed by atoms with Gasteiger partial charge in [0.05, 0.1) is 6.61 Å². The van der Waals surface area contributed by atoms with Crippen LogP contribution < -0.4 is 0 Å². The maximum Gasteiger partial charge on any atom is 0.465 e. The van der Waals surface area contributed by atoms with E-state index in [1.54, 1.807) is 0 Å². The van der Waals surface area contributed by atoms with Crippen LogP contribution in [-0.4, -0.2) is 49.4 Å². The molecule has 0 aromatic heterocycles. The maximum absolute atomic E-state index is 12.6. The van der Waals surface area contributed by atoms with Crippen LogP contribution in [0, 0.1) is 0 Å². The Bertz CT molecular complexity index is 415. The number of hydrogen-bond acceptors (Lipinski definition) is 5. The second kappa shape index (κ2) is 6.01. The van der Waals surface area contributed by atoms with Crippen LogP contribution in [0.3, 0.4) is 0 Å². The van der Waals surface area contributed by atoms with Gasteiger partial charge in [-0.1, -0.05) is 0 Å². The van der Waals surface area contributed by atoms with Gasteiger partial charge in [-0.3, -0.25) is 4.55 Å². The van der Waals surface area contributed by atoms with Crippen molar-refractivity contribution in [3.05, 3.63) is 0 Å². The van der Waals surface area contributed by atoms with Gasteiger partial charge < -0.3 is 9.47 Å². The van der Waals surface area contributed by atoms with Gasteiger partial charge in [0, 0.05) is 6.92 Å². The Labute approximate surface area is 106 Å². The molecule has 0 bridgehead atoms. The zero-order valence-corrected chi connectivity index (χ0v) is 10.7. The Kier molecular flexibility index (Phi) is 5.71. The SMILES string of the molecule is CC(OCCOC(=O)C(F)(F)S(=O)(=O)O)C(C)(F)F. The minimum Gasteiger partial charge on any atom is -0.458 e. The second-order valence-electron chi connectivity index (χ2n) is 3.60. The fourth-order valence-electron chi connectivity index (χ4n) is 0.695. The lowest BCUT2D eigenvalue weighted by Gasteiger charge is -2.19. The van der Waals surface area contributed by atoms with Gasteiger partial charge in [0.2, 0.25) is 0 Å². The van der Waals surface area contributed by atoms with E-state index in [9.17, 15) is 30.8 Å². The van der Waals surface area contributed by atoms with Crippen molar-refractivity contribution >= 4 is 16.1 Å². The number of esters is 1. The highest BCUT2D eigenvalue weighted by Gasteiger charge is 2.54. The molecule has 0 fully saturated rings. The molecule has 114 valence electrons. The van der Waals surface area contributed by atoms with Gasteiger partial charge in [-0.05, 0) is 6.92 Å². The number of alkyl halides is 4. The van der Waals surface area contributed by atoms with Crippen LogP contribution in [0.4, 0.5) is 17.6 Å². The first-order valence-electron chi connectivity index (χ1n) is 4.81. The monoisotopic (exact) mass is 312 g/mol. The molecule has 11 heteroatoms. The van der Waals surface area contributed by atoms with Gasteiger partial charge in [-0.15, -0.1) is 0 Å². The van der Waals surface area contributed by atoms with Crippen LogP contribution in [-0.2, 0) is 24.4 Å². The van der Waals surface area contributed by atoms with E-state index < -0.39 is 46.6 Å². The number of rotatable bonds is 7. The summed E-state index contributed by atoms with van der Waals surface area (Å²) >= 11 is 0. The lowest BCUT2D eigenvalue weighted by molar-refractivity contribution is -0.166. The van der Waals surface area contributed by atoms with Gasteiger partial charge in [0.15, 0.2) is 0 Å². The Morgan fingerprint density at radius 1 is 1.26 bits per heavy atom. The van der Waals surface area contributed by atoms with Gasteiger partial charge in [0.1, 0.15) is 12.7 Å². The molecule has 0 spiro atoms. The summed E-state index contributed by atoms with van der Waals surface area (Å²) in [6.07, 6.45) is -1.55. The molecule has 0 amide bonds. The van der Waals surface area contributed by atoms with E-state index >= 15 is 0 Å². The van der Waals surface area contributed by atoms with Crippen LogP contribution >= 0.6 is 0 Å². The van der Waals surface area contributed by atoms with Crippen LogP contribution in [0.15, 0.2) is 0 Å². The van der Waals surface area contributed by atoms with E-state index in [2.05, 4.69) is 9.47 Å². The second-order valence-corrected chi connectivity index (χ2v) is 5.06. The van der Waals surface area contributed by atoms with Crippen molar-refractivity contribution in [1.82, 2.24) is 0 Å². The molecule has 19 heavy (non-hydrogen) atoms. The first kappa shape index (κ1) is 18.1. The summed E-state index contributed by atoms with van der Waals surface area (Å²) in [4.78, 5) is 10.6.